The lowest BCUT2D eigenvalue weighted by atomic mass is 9.75. The van der Waals surface area contributed by atoms with Crippen molar-refractivity contribution in [3.8, 4) is 0 Å². The van der Waals surface area contributed by atoms with Crippen LogP contribution in [0.4, 0.5) is 5.69 Å². The monoisotopic (exact) mass is 510 g/mol. The Bertz CT molecular complexity index is 1470. The summed E-state index contributed by atoms with van der Waals surface area (Å²) in [7, 11) is 0. The van der Waals surface area contributed by atoms with Crippen LogP contribution in [-0.4, -0.2) is 34.1 Å². The van der Waals surface area contributed by atoms with Gasteiger partial charge in [0.05, 0.1) is 5.69 Å². The maximum atomic E-state index is 13.7. The highest BCUT2D eigenvalue weighted by Gasteiger charge is 2.45. The number of hydrogen-bond donors (Lipinski definition) is 0. The first-order chi connectivity index (χ1) is 17.7. The van der Waals surface area contributed by atoms with E-state index in [1.54, 1.807) is 24.3 Å². The van der Waals surface area contributed by atoms with Crippen LogP contribution in [0.3, 0.4) is 0 Å². The highest BCUT2D eigenvalue weighted by atomic mass is 16.2. The van der Waals surface area contributed by atoms with Crippen LogP contribution in [0, 0.1) is 11.8 Å². The molecule has 0 fully saturated rings. The van der Waals surface area contributed by atoms with Gasteiger partial charge in [-0.2, -0.15) is 0 Å². The van der Waals surface area contributed by atoms with Gasteiger partial charge in [0.25, 0.3) is 23.6 Å². The highest BCUT2D eigenvalue weighted by Crippen LogP contribution is 2.41. The van der Waals surface area contributed by atoms with Crippen molar-refractivity contribution in [2.24, 2.45) is 11.8 Å². The Balaban J connectivity index is 1.63. The van der Waals surface area contributed by atoms with E-state index in [2.05, 4.69) is 27.7 Å². The molecular formula is C32H34N2O4. The predicted octanol–water partition coefficient (Wildman–Crippen LogP) is 6.60. The van der Waals surface area contributed by atoms with E-state index in [0.717, 1.165) is 5.56 Å². The van der Waals surface area contributed by atoms with Crippen molar-refractivity contribution in [2.45, 2.75) is 66.3 Å². The molecule has 0 aliphatic carbocycles. The third-order valence-corrected chi connectivity index (χ3v) is 9.20. The van der Waals surface area contributed by atoms with Crippen molar-refractivity contribution in [2.75, 3.05) is 4.90 Å². The molecule has 0 unspecified atom stereocenters. The maximum absolute atomic E-state index is 13.7. The molecule has 196 valence electrons. The van der Waals surface area contributed by atoms with Gasteiger partial charge in [0.15, 0.2) is 0 Å². The predicted molar refractivity (Wildman–Crippen MR) is 149 cm³/mol. The number of nitrogens with zero attached hydrogens (tertiary/aromatic N) is 2. The molecule has 3 aromatic carbocycles. The van der Waals surface area contributed by atoms with E-state index in [-0.39, 0.29) is 11.3 Å². The lowest BCUT2D eigenvalue weighted by Gasteiger charge is -2.42. The zero-order valence-electron chi connectivity index (χ0n) is 23.3. The molecule has 0 atom stereocenters. The van der Waals surface area contributed by atoms with Crippen LogP contribution in [-0.2, 0) is 5.41 Å². The second-order valence-corrected chi connectivity index (χ2v) is 12.2. The van der Waals surface area contributed by atoms with E-state index >= 15 is 0 Å². The fourth-order valence-electron chi connectivity index (χ4n) is 5.26. The van der Waals surface area contributed by atoms with Gasteiger partial charge in [0.1, 0.15) is 0 Å². The standard InChI is InChI=1S/C32H34N2O4/c1-17(2)31(5,6)19-9-11-20(12-10-19)33-27(35)21-13-15-23-26-24(16-14-22(25(21)26)28(33)36)30(38)34(29(23)37)32(7,8)18(3)4/h9-18H,1-8H3. The first-order valence-electron chi connectivity index (χ1n) is 13.2. The largest absolute Gasteiger partial charge is 0.269 e. The molecule has 0 saturated heterocycles. The second kappa shape index (κ2) is 8.35. The number of hydrogen-bond acceptors (Lipinski definition) is 4. The minimum Gasteiger partial charge on any atom is -0.269 e. The van der Waals surface area contributed by atoms with Crippen LogP contribution in [0.1, 0.15) is 102 Å². The summed E-state index contributed by atoms with van der Waals surface area (Å²) < 4.78 is 0. The smallest absolute Gasteiger partial charge is 0.265 e. The Morgan fingerprint density at radius 1 is 0.553 bits per heavy atom. The lowest BCUT2D eigenvalue weighted by molar-refractivity contribution is 0.0347. The van der Waals surface area contributed by atoms with Crippen LogP contribution in [0.25, 0.3) is 10.8 Å². The fourth-order valence-corrected chi connectivity index (χ4v) is 5.26. The van der Waals surface area contributed by atoms with Crippen molar-refractivity contribution >= 4 is 40.1 Å². The number of carbonyl (C=O) groups excluding carboxylic acids is 4. The Morgan fingerprint density at radius 3 is 1.32 bits per heavy atom. The minimum absolute atomic E-state index is 0.0269. The molecular weight excluding hydrogens is 476 g/mol. The zero-order chi connectivity index (χ0) is 27.9. The van der Waals surface area contributed by atoms with Crippen molar-refractivity contribution in [3.05, 3.63) is 76.3 Å². The number of rotatable bonds is 5. The van der Waals surface area contributed by atoms with Gasteiger partial charge in [-0.15, -0.1) is 0 Å². The Kier molecular flexibility index (Phi) is 5.68. The summed E-state index contributed by atoms with van der Waals surface area (Å²) in [4.78, 5) is 57.2. The average Bonchev–Trinajstić information content (AvgIpc) is 2.86. The van der Waals surface area contributed by atoms with Crippen LogP contribution < -0.4 is 4.90 Å². The SMILES string of the molecule is CC(C)C(C)(C)c1ccc(N2C(=O)c3ccc4c5c(ccc(c35)C2=O)C(=O)N(C(C)(C)C(C)C)C4=O)cc1. The van der Waals surface area contributed by atoms with Gasteiger partial charge in [0, 0.05) is 38.6 Å². The van der Waals surface area contributed by atoms with E-state index in [1.165, 1.54) is 9.80 Å². The number of anilines is 1. The third-order valence-electron chi connectivity index (χ3n) is 9.20. The Morgan fingerprint density at radius 2 is 0.947 bits per heavy atom. The maximum Gasteiger partial charge on any atom is 0.265 e. The van der Waals surface area contributed by atoms with Crippen LogP contribution in [0.5, 0.6) is 0 Å². The van der Waals surface area contributed by atoms with E-state index in [0.29, 0.717) is 44.6 Å². The molecule has 2 aliphatic heterocycles. The van der Waals surface area contributed by atoms with E-state index in [1.807, 2.05) is 52.0 Å². The van der Waals surface area contributed by atoms with Gasteiger partial charge in [-0.1, -0.05) is 53.7 Å². The summed E-state index contributed by atoms with van der Waals surface area (Å²) in [5.41, 5.74) is 2.12. The molecule has 2 heterocycles. The highest BCUT2D eigenvalue weighted by molar-refractivity contribution is 6.39. The van der Waals surface area contributed by atoms with Crippen molar-refractivity contribution in [3.63, 3.8) is 0 Å². The normalized spacial score (nSPS) is 15.9. The molecule has 6 heteroatoms. The van der Waals surface area contributed by atoms with Crippen molar-refractivity contribution in [1.82, 2.24) is 4.90 Å². The average molecular weight is 511 g/mol. The van der Waals surface area contributed by atoms with Gasteiger partial charge in [-0.25, -0.2) is 4.90 Å². The summed E-state index contributed by atoms with van der Waals surface area (Å²) in [5, 5.41) is 0.772. The van der Waals surface area contributed by atoms with Gasteiger partial charge in [-0.3, -0.25) is 24.1 Å². The first-order valence-corrected chi connectivity index (χ1v) is 13.2. The van der Waals surface area contributed by atoms with Gasteiger partial charge in [-0.05, 0) is 73.1 Å². The topological polar surface area (TPSA) is 74.8 Å². The molecule has 2 aliphatic rings. The number of carbonyl (C=O) groups is 4. The number of imide groups is 2. The minimum atomic E-state index is -0.717. The van der Waals surface area contributed by atoms with E-state index in [4.69, 9.17) is 0 Å². The molecule has 5 rings (SSSR count). The van der Waals surface area contributed by atoms with Crippen LogP contribution in [0.2, 0.25) is 0 Å². The van der Waals surface area contributed by atoms with Gasteiger partial charge < -0.3 is 0 Å². The number of benzene rings is 3. The fraction of sp³-hybridized carbons (Fsp3) is 0.375. The zero-order valence-corrected chi connectivity index (χ0v) is 23.3. The molecule has 38 heavy (non-hydrogen) atoms. The first kappa shape index (κ1) is 25.8. The molecule has 0 spiro atoms. The van der Waals surface area contributed by atoms with Crippen molar-refractivity contribution < 1.29 is 19.2 Å². The molecule has 0 bridgehead atoms. The summed E-state index contributed by atoms with van der Waals surface area (Å²) in [6.07, 6.45) is 0. The molecule has 0 radical (unpaired) electrons. The molecule has 0 N–H and O–H groups in total. The molecule has 0 saturated carbocycles. The quantitative estimate of drug-likeness (QED) is 0.362. The summed E-state index contributed by atoms with van der Waals surface area (Å²) in [6.45, 7) is 16.4. The van der Waals surface area contributed by atoms with Gasteiger partial charge >= 0.3 is 0 Å². The Hall–Kier alpha value is -3.80. The summed E-state index contributed by atoms with van der Waals surface area (Å²) >= 11 is 0. The summed E-state index contributed by atoms with van der Waals surface area (Å²) in [6, 6.07) is 14.0. The van der Waals surface area contributed by atoms with Crippen molar-refractivity contribution in [1.29, 1.82) is 0 Å². The van der Waals surface area contributed by atoms with Gasteiger partial charge in [0.2, 0.25) is 0 Å². The van der Waals surface area contributed by atoms with Crippen LogP contribution in [0.15, 0.2) is 48.5 Å². The Labute approximate surface area is 223 Å². The molecule has 3 aromatic rings. The lowest BCUT2D eigenvalue weighted by Crippen LogP contribution is -2.55. The molecule has 6 nitrogen and oxygen atoms in total. The molecule has 0 aromatic heterocycles. The number of amides is 4. The molecule has 4 amide bonds. The van der Waals surface area contributed by atoms with Crippen LogP contribution >= 0.6 is 0 Å². The third kappa shape index (κ3) is 3.39. The van der Waals surface area contributed by atoms with E-state index in [9.17, 15) is 19.2 Å². The second-order valence-electron chi connectivity index (χ2n) is 12.2. The van der Waals surface area contributed by atoms with E-state index < -0.39 is 29.2 Å². The summed E-state index contributed by atoms with van der Waals surface area (Å²) in [5.74, 6) is -1.31.